The number of hydrogen-bond acceptors (Lipinski definition) is 2. The molecule has 0 amide bonds. The van der Waals surface area contributed by atoms with Gasteiger partial charge in [-0.05, 0) is 11.8 Å². The van der Waals surface area contributed by atoms with E-state index in [9.17, 15) is 8.78 Å². The van der Waals surface area contributed by atoms with Gasteiger partial charge in [0.2, 0.25) is 0 Å². The third kappa shape index (κ3) is 4.73. The van der Waals surface area contributed by atoms with Gasteiger partial charge in [-0.25, -0.2) is 0 Å². The van der Waals surface area contributed by atoms with E-state index < -0.39 is 17.9 Å². The van der Waals surface area contributed by atoms with Crippen LogP contribution in [0.5, 0.6) is 0 Å². The lowest BCUT2D eigenvalue weighted by Gasteiger charge is -2.34. The predicted molar refractivity (Wildman–Crippen MR) is 67.6 cm³/mol. The molecule has 0 radical (unpaired) electrons. The van der Waals surface area contributed by atoms with E-state index in [1.807, 2.05) is 18.5 Å². The summed E-state index contributed by atoms with van der Waals surface area (Å²) in [7, 11) is 0. The summed E-state index contributed by atoms with van der Waals surface area (Å²) in [6.07, 6.45) is -5.28. The Morgan fingerprint density at radius 1 is 1.33 bits per heavy atom. The van der Waals surface area contributed by atoms with Gasteiger partial charge in [0.15, 0.2) is 0 Å². The first-order chi connectivity index (χ1) is 6.85. The van der Waals surface area contributed by atoms with Gasteiger partial charge >= 0.3 is 6.11 Å². The second kappa shape index (κ2) is 6.60. The Labute approximate surface area is 104 Å². The molecule has 0 aliphatic carbocycles. The highest BCUT2D eigenvalue weighted by Gasteiger charge is 2.37. The molecule has 1 atom stereocenters. The highest BCUT2D eigenvalue weighted by Crippen LogP contribution is 2.54. The van der Waals surface area contributed by atoms with Gasteiger partial charge in [0.05, 0.1) is 5.33 Å². The summed E-state index contributed by atoms with van der Waals surface area (Å²) in [6, 6.07) is 0. The van der Waals surface area contributed by atoms with E-state index in [-0.39, 0.29) is 0 Å². The van der Waals surface area contributed by atoms with E-state index in [2.05, 4.69) is 15.9 Å². The van der Waals surface area contributed by atoms with Crippen molar-refractivity contribution in [2.45, 2.75) is 26.9 Å². The fourth-order valence-electron chi connectivity index (χ4n) is 1.21. The standard InChI is InChI=1S/C8H17BrF2NOPS/c1-4-12(5-2)14(15,6-3)13-8(10,11)7-9/h4-7H2,1-3H3. The number of halogens is 3. The molecule has 0 aromatic rings. The van der Waals surface area contributed by atoms with Crippen LogP contribution in [0.4, 0.5) is 8.78 Å². The van der Waals surface area contributed by atoms with E-state index in [4.69, 9.17) is 16.3 Å². The Bertz CT molecular complexity index is 239. The molecule has 0 N–H and O–H groups in total. The number of hydrogen-bond donors (Lipinski definition) is 0. The van der Waals surface area contributed by atoms with Gasteiger partial charge < -0.3 is 0 Å². The van der Waals surface area contributed by atoms with Gasteiger partial charge in [0.25, 0.3) is 0 Å². The maximum absolute atomic E-state index is 13.1. The molecule has 2 nitrogen and oxygen atoms in total. The molecule has 0 heterocycles. The fraction of sp³-hybridized carbons (Fsp3) is 1.00. The van der Waals surface area contributed by atoms with Gasteiger partial charge in [0, 0.05) is 19.3 Å². The molecular weight excluding hydrogens is 307 g/mol. The topological polar surface area (TPSA) is 12.5 Å². The lowest BCUT2D eigenvalue weighted by Crippen LogP contribution is -2.29. The van der Waals surface area contributed by atoms with E-state index in [0.717, 1.165) is 0 Å². The molecule has 0 spiro atoms. The van der Waals surface area contributed by atoms with Crippen LogP contribution in [-0.4, -0.2) is 35.4 Å². The third-order valence-corrected chi connectivity index (χ3v) is 7.12. The maximum Gasteiger partial charge on any atom is 0.369 e. The van der Waals surface area contributed by atoms with Crippen LogP contribution in [0.3, 0.4) is 0 Å². The molecule has 0 aromatic carbocycles. The van der Waals surface area contributed by atoms with Crippen molar-refractivity contribution in [1.29, 1.82) is 0 Å². The summed E-state index contributed by atoms with van der Waals surface area (Å²) in [5, 5.41) is -0.514. The molecule has 0 aliphatic heterocycles. The largest absolute Gasteiger partial charge is 0.369 e. The van der Waals surface area contributed by atoms with Crippen molar-refractivity contribution in [2.24, 2.45) is 0 Å². The van der Waals surface area contributed by atoms with E-state index in [0.29, 0.717) is 19.3 Å². The summed E-state index contributed by atoms with van der Waals surface area (Å²) >= 11 is 7.97. The van der Waals surface area contributed by atoms with Crippen molar-refractivity contribution in [3.05, 3.63) is 0 Å². The van der Waals surface area contributed by atoms with Gasteiger partial charge in [-0.2, -0.15) is 8.78 Å². The Balaban J connectivity index is 4.78. The molecule has 0 saturated carbocycles. The van der Waals surface area contributed by atoms with Crippen LogP contribution in [0.1, 0.15) is 20.8 Å². The first-order valence-electron chi connectivity index (χ1n) is 4.84. The number of alkyl halides is 3. The third-order valence-electron chi connectivity index (χ3n) is 1.99. The van der Waals surface area contributed by atoms with Crippen molar-refractivity contribution in [1.82, 2.24) is 4.67 Å². The van der Waals surface area contributed by atoms with Crippen molar-refractivity contribution in [3.8, 4) is 0 Å². The average Bonchev–Trinajstić information content (AvgIpc) is 2.19. The van der Waals surface area contributed by atoms with Gasteiger partial charge in [-0.1, -0.05) is 36.7 Å². The minimum absolute atomic E-state index is 0.451. The zero-order chi connectivity index (χ0) is 12.1. The predicted octanol–water partition coefficient (Wildman–Crippen LogP) is 3.66. The van der Waals surface area contributed by atoms with Crippen LogP contribution in [0.25, 0.3) is 0 Å². The van der Waals surface area contributed by atoms with Gasteiger partial charge in [-0.3, -0.25) is 9.19 Å². The van der Waals surface area contributed by atoms with E-state index in [1.165, 1.54) is 0 Å². The summed E-state index contributed by atoms with van der Waals surface area (Å²) in [4.78, 5) is 0. The molecule has 15 heavy (non-hydrogen) atoms. The maximum atomic E-state index is 13.1. The Hall–Kier alpha value is 0.910. The molecule has 92 valence electrons. The summed E-state index contributed by atoms with van der Waals surface area (Å²) in [5.74, 6) is 0. The lowest BCUT2D eigenvalue weighted by molar-refractivity contribution is -0.151. The molecule has 1 unspecified atom stereocenters. The average molecular weight is 324 g/mol. The van der Waals surface area contributed by atoms with E-state index >= 15 is 0 Å². The van der Waals surface area contributed by atoms with Crippen molar-refractivity contribution in [3.63, 3.8) is 0 Å². The number of rotatable bonds is 7. The summed E-state index contributed by atoms with van der Waals surface area (Å²) < 4.78 is 32.9. The second-order valence-electron chi connectivity index (χ2n) is 2.95. The van der Waals surface area contributed by atoms with Crippen LogP contribution in [-0.2, 0) is 16.3 Å². The van der Waals surface area contributed by atoms with Gasteiger partial charge in [0.1, 0.15) is 6.42 Å². The first-order valence-corrected chi connectivity index (χ1v) is 8.82. The monoisotopic (exact) mass is 323 g/mol. The SMILES string of the molecule is CCN(CC)P(=S)(CC)OC(F)(F)CBr. The zero-order valence-corrected chi connectivity index (χ0v) is 12.5. The van der Waals surface area contributed by atoms with Crippen LogP contribution >= 0.6 is 22.3 Å². The van der Waals surface area contributed by atoms with Crippen molar-refractivity contribution >= 4 is 34.2 Å². The quantitative estimate of drug-likeness (QED) is 0.524. The van der Waals surface area contributed by atoms with Gasteiger partial charge in [-0.15, -0.1) is 0 Å². The highest BCUT2D eigenvalue weighted by molar-refractivity contribution is 9.09. The first kappa shape index (κ1) is 15.9. The molecular formula is C8H17BrF2NOPS. The molecule has 0 bridgehead atoms. The molecule has 7 heteroatoms. The molecule has 0 fully saturated rings. The van der Waals surface area contributed by atoms with Crippen LogP contribution < -0.4 is 0 Å². The lowest BCUT2D eigenvalue weighted by atomic mass is 10.7. The molecule has 0 rings (SSSR count). The minimum atomic E-state index is -3.17. The Morgan fingerprint density at radius 3 is 2.07 bits per heavy atom. The zero-order valence-electron chi connectivity index (χ0n) is 9.17. The summed E-state index contributed by atoms with van der Waals surface area (Å²) in [6.45, 7) is 6.87. The molecule has 0 saturated heterocycles. The second-order valence-corrected chi connectivity index (χ2v) is 7.88. The molecule has 0 aliphatic rings. The number of nitrogens with zero attached hydrogens (tertiary/aromatic N) is 1. The minimum Gasteiger partial charge on any atom is -0.274 e. The smallest absolute Gasteiger partial charge is 0.274 e. The van der Waals surface area contributed by atoms with Crippen LogP contribution in [0.15, 0.2) is 0 Å². The Morgan fingerprint density at radius 2 is 1.80 bits per heavy atom. The highest BCUT2D eigenvalue weighted by atomic mass is 79.9. The normalized spacial score (nSPS) is 16.7. The fourth-order valence-corrected chi connectivity index (χ4v) is 4.51. The van der Waals surface area contributed by atoms with Crippen LogP contribution in [0, 0.1) is 0 Å². The van der Waals surface area contributed by atoms with Crippen molar-refractivity contribution < 1.29 is 13.3 Å². The van der Waals surface area contributed by atoms with Crippen molar-refractivity contribution in [2.75, 3.05) is 24.6 Å². The van der Waals surface area contributed by atoms with Crippen LogP contribution in [0.2, 0.25) is 0 Å². The van der Waals surface area contributed by atoms with E-state index in [1.54, 1.807) is 6.92 Å². The molecule has 0 aromatic heterocycles. The Kier molecular flexibility index (Phi) is 7.00. The summed E-state index contributed by atoms with van der Waals surface area (Å²) in [5.41, 5.74) is 0.